The molecule has 1 aromatic carbocycles. The number of ketones is 2. The van der Waals surface area contributed by atoms with Gasteiger partial charge in [0, 0.05) is 23.7 Å². The van der Waals surface area contributed by atoms with Crippen LogP contribution in [0.4, 0.5) is 0 Å². The Bertz CT molecular complexity index is 600. The van der Waals surface area contributed by atoms with Crippen molar-refractivity contribution in [2.75, 3.05) is 12.4 Å². The fourth-order valence-electron chi connectivity index (χ4n) is 3.55. The van der Waals surface area contributed by atoms with Crippen molar-refractivity contribution in [1.82, 2.24) is 0 Å². The maximum atomic E-state index is 12.8. The number of ether oxygens (including phenoxy) is 1. The summed E-state index contributed by atoms with van der Waals surface area (Å²) in [5, 5.41) is 0. The Labute approximate surface area is 159 Å². The van der Waals surface area contributed by atoms with Crippen LogP contribution in [-0.2, 0) is 9.53 Å². The number of benzene rings is 1. The van der Waals surface area contributed by atoms with Crippen molar-refractivity contribution in [3.63, 3.8) is 0 Å². The fourth-order valence-corrected chi connectivity index (χ4v) is 4.83. The van der Waals surface area contributed by atoms with Crippen molar-refractivity contribution in [3.05, 3.63) is 35.9 Å². The Balaban J connectivity index is 2.00. The lowest BCUT2D eigenvalue weighted by atomic mass is 9.92. The molecule has 3 atom stereocenters. The lowest BCUT2D eigenvalue weighted by Crippen LogP contribution is -2.13. The van der Waals surface area contributed by atoms with Crippen LogP contribution in [0.2, 0.25) is 0 Å². The highest BCUT2D eigenvalue weighted by Gasteiger charge is 2.37. The predicted molar refractivity (Wildman–Crippen MR) is 107 cm³/mol. The van der Waals surface area contributed by atoms with E-state index in [9.17, 15) is 9.59 Å². The Kier molecular flexibility index (Phi) is 8.10. The number of carbonyl (C=O) groups is 2. The van der Waals surface area contributed by atoms with E-state index in [1.807, 2.05) is 37.3 Å². The first-order chi connectivity index (χ1) is 12.0. The normalized spacial score (nSPS) is 22.6. The van der Waals surface area contributed by atoms with Crippen LogP contribution in [0.25, 0.3) is 0 Å². The summed E-state index contributed by atoms with van der Waals surface area (Å²) < 4.78 is 5.93. The monoisotopic (exact) mass is 378 g/mol. The van der Waals surface area contributed by atoms with Gasteiger partial charge < -0.3 is 9.53 Å². The van der Waals surface area contributed by atoms with Crippen molar-refractivity contribution < 1.29 is 14.3 Å². The molecular formula is C20H26O3S2. The molecule has 0 aromatic heterocycles. The lowest BCUT2D eigenvalue weighted by molar-refractivity contribution is -0.117. The first-order valence-electron chi connectivity index (χ1n) is 8.89. The SMILES string of the molecule is CCOC(=S)SCC1CC(C(=O)c2ccccc2)CC1CCC(C)=O. The number of hydrogen-bond donors (Lipinski definition) is 0. The van der Waals surface area contributed by atoms with E-state index in [0.29, 0.717) is 29.2 Å². The van der Waals surface area contributed by atoms with Crippen molar-refractivity contribution in [2.45, 2.75) is 39.5 Å². The zero-order chi connectivity index (χ0) is 18.2. The summed E-state index contributed by atoms with van der Waals surface area (Å²) in [7, 11) is 0. The third-order valence-corrected chi connectivity index (χ3v) is 6.23. The minimum absolute atomic E-state index is 0.0469. The van der Waals surface area contributed by atoms with E-state index in [2.05, 4.69) is 0 Å². The molecule has 1 saturated carbocycles. The summed E-state index contributed by atoms with van der Waals surface area (Å²) in [4.78, 5) is 24.2. The van der Waals surface area contributed by atoms with E-state index >= 15 is 0 Å². The Morgan fingerprint density at radius 2 is 1.88 bits per heavy atom. The third-order valence-electron chi connectivity index (χ3n) is 4.81. The predicted octanol–water partition coefficient (Wildman–Crippen LogP) is 4.94. The summed E-state index contributed by atoms with van der Waals surface area (Å²) in [6.45, 7) is 4.14. The van der Waals surface area contributed by atoms with Gasteiger partial charge in [-0.2, -0.15) is 0 Å². The Morgan fingerprint density at radius 3 is 2.52 bits per heavy atom. The summed E-state index contributed by atoms with van der Waals surface area (Å²) >= 11 is 6.77. The lowest BCUT2D eigenvalue weighted by Gasteiger charge is -2.18. The van der Waals surface area contributed by atoms with Gasteiger partial charge in [-0.3, -0.25) is 4.79 Å². The standard InChI is InChI=1S/C20H26O3S2/c1-3-23-20(24)25-13-18-12-17(11-16(18)10-9-14(2)21)19(22)15-7-5-4-6-8-15/h4-8,16-18H,3,9-13H2,1-2H3. The van der Waals surface area contributed by atoms with Crippen LogP contribution in [0, 0.1) is 17.8 Å². The highest BCUT2D eigenvalue weighted by Crippen LogP contribution is 2.42. The molecule has 0 saturated heterocycles. The largest absolute Gasteiger partial charge is 0.479 e. The maximum absolute atomic E-state index is 12.8. The van der Waals surface area contributed by atoms with Crippen molar-refractivity contribution in [1.29, 1.82) is 0 Å². The minimum Gasteiger partial charge on any atom is -0.479 e. The van der Waals surface area contributed by atoms with Crippen LogP contribution in [-0.4, -0.2) is 28.3 Å². The highest BCUT2D eigenvalue weighted by molar-refractivity contribution is 8.22. The number of hydrogen-bond acceptors (Lipinski definition) is 5. The fraction of sp³-hybridized carbons (Fsp3) is 0.550. The molecule has 0 bridgehead atoms. The molecule has 25 heavy (non-hydrogen) atoms. The van der Waals surface area contributed by atoms with E-state index in [1.165, 1.54) is 0 Å². The molecule has 1 aliphatic rings. The summed E-state index contributed by atoms with van der Waals surface area (Å²) in [6.07, 6.45) is 3.19. The van der Waals surface area contributed by atoms with E-state index in [-0.39, 0.29) is 17.5 Å². The molecule has 0 N–H and O–H groups in total. The minimum atomic E-state index is 0.0469. The molecule has 0 heterocycles. The number of thiocarbonyl (C=S) groups is 1. The van der Waals surface area contributed by atoms with E-state index in [1.54, 1.807) is 18.7 Å². The second-order valence-electron chi connectivity index (χ2n) is 6.65. The van der Waals surface area contributed by atoms with Gasteiger partial charge in [-0.05, 0) is 57.2 Å². The molecular weight excluding hydrogens is 352 g/mol. The zero-order valence-electron chi connectivity index (χ0n) is 14.9. The summed E-state index contributed by atoms with van der Waals surface area (Å²) in [5.41, 5.74) is 0.788. The van der Waals surface area contributed by atoms with Gasteiger partial charge in [0.1, 0.15) is 5.78 Å². The van der Waals surface area contributed by atoms with Crippen molar-refractivity contribution in [2.24, 2.45) is 17.8 Å². The maximum Gasteiger partial charge on any atom is 0.219 e. The van der Waals surface area contributed by atoms with Gasteiger partial charge in [0.15, 0.2) is 5.78 Å². The molecule has 0 amide bonds. The zero-order valence-corrected chi connectivity index (χ0v) is 16.5. The van der Waals surface area contributed by atoms with Crippen LogP contribution in [0.15, 0.2) is 30.3 Å². The molecule has 0 radical (unpaired) electrons. The number of thioether (sulfide) groups is 1. The second kappa shape index (κ2) is 10.1. The quantitative estimate of drug-likeness (QED) is 0.474. The van der Waals surface area contributed by atoms with Gasteiger partial charge in [-0.15, -0.1) is 0 Å². The van der Waals surface area contributed by atoms with Gasteiger partial charge in [0.05, 0.1) is 6.61 Å². The molecule has 0 aliphatic heterocycles. The van der Waals surface area contributed by atoms with Crippen LogP contribution in [0.3, 0.4) is 0 Å². The van der Waals surface area contributed by atoms with Crippen LogP contribution in [0.5, 0.6) is 0 Å². The number of rotatable bonds is 8. The number of Topliss-reactive ketones (excluding diaryl/α,β-unsaturated/α-hetero) is 2. The summed E-state index contributed by atoms with van der Waals surface area (Å²) in [5.74, 6) is 2.16. The van der Waals surface area contributed by atoms with Crippen LogP contribution < -0.4 is 0 Å². The smallest absolute Gasteiger partial charge is 0.219 e. The highest BCUT2D eigenvalue weighted by atomic mass is 32.2. The molecule has 2 rings (SSSR count). The molecule has 1 aliphatic carbocycles. The summed E-state index contributed by atoms with van der Waals surface area (Å²) in [6, 6.07) is 9.51. The van der Waals surface area contributed by atoms with Crippen LogP contribution >= 0.6 is 24.0 Å². The van der Waals surface area contributed by atoms with Gasteiger partial charge in [0.25, 0.3) is 0 Å². The first-order valence-corrected chi connectivity index (χ1v) is 10.3. The van der Waals surface area contributed by atoms with E-state index < -0.39 is 0 Å². The molecule has 3 unspecified atom stereocenters. The Hall–Kier alpha value is -1.20. The molecule has 0 spiro atoms. The number of carbonyl (C=O) groups excluding carboxylic acids is 2. The molecule has 1 aromatic rings. The topological polar surface area (TPSA) is 43.4 Å². The van der Waals surface area contributed by atoms with Gasteiger partial charge in [-0.25, -0.2) is 0 Å². The molecule has 5 heteroatoms. The molecule has 1 fully saturated rings. The Morgan fingerprint density at radius 1 is 1.20 bits per heavy atom. The van der Waals surface area contributed by atoms with Crippen LogP contribution in [0.1, 0.15) is 49.9 Å². The molecule has 136 valence electrons. The average Bonchev–Trinajstić information content (AvgIpc) is 3.01. The van der Waals surface area contributed by atoms with Crippen molar-refractivity contribution >= 4 is 39.9 Å². The van der Waals surface area contributed by atoms with Crippen molar-refractivity contribution in [3.8, 4) is 0 Å². The first kappa shape index (κ1) is 20.1. The van der Waals surface area contributed by atoms with Gasteiger partial charge >= 0.3 is 0 Å². The molecule has 3 nitrogen and oxygen atoms in total. The van der Waals surface area contributed by atoms with E-state index in [4.69, 9.17) is 17.0 Å². The van der Waals surface area contributed by atoms with Gasteiger partial charge in [-0.1, -0.05) is 42.1 Å². The third kappa shape index (κ3) is 6.23. The van der Waals surface area contributed by atoms with Gasteiger partial charge in [0.2, 0.25) is 4.38 Å². The average molecular weight is 379 g/mol. The van der Waals surface area contributed by atoms with E-state index in [0.717, 1.165) is 30.6 Å². The second-order valence-corrected chi connectivity index (χ2v) is 8.28.